The van der Waals surface area contributed by atoms with E-state index in [9.17, 15) is 4.79 Å². The van der Waals surface area contributed by atoms with Gasteiger partial charge in [-0.25, -0.2) is 0 Å². The van der Waals surface area contributed by atoms with E-state index in [0.717, 1.165) is 12.2 Å². The number of hydrogen-bond donors (Lipinski definition) is 1. The average molecular weight is 265 g/mol. The Balaban J connectivity index is 1.96. The van der Waals surface area contributed by atoms with Crippen molar-refractivity contribution in [1.29, 1.82) is 0 Å². The summed E-state index contributed by atoms with van der Waals surface area (Å²) in [6.07, 6.45) is 2.33. The normalized spacial score (nSPS) is 23.2. The molecule has 2 unspecified atom stereocenters. The average Bonchev–Trinajstić information content (AvgIpc) is 2.98. The summed E-state index contributed by atoms with van der Waals surface area (Å²) in [5.41, 5.74) is 0.848. The molecule has 0 bridgehead atoms. The minimum atomic E-state index is -0.0378. The standard InChI is InChI=1S/C14H23N3O2/c1-4-15-13-9-19-8-12(13)14(18)7-11-5-6-17(16-11)10(2)3/h5-6,10,12-13,15H,4,7-9H2,1-3H3. The van der Waals surface area contributed by atoms with Gasteiger partial charge in [0.15, 0.2) is 0 Å². The van der Waals surface area contributed by atoms with Crippen LogP contribution < -0.4 is 5.32 Å². The predicted octanol–water partition coefficient (Wildman–Crippen LogP) is 1.20. The Morgan fingerprint density at radius 3 is 3.00 bits per heavy atom. The monoisotopic (exact) mass is 265 g/mol. The molecule has 0 spiro atoms. The third-order valence-electron chi connectivity index (χ3n) is 3.51. The van der Waals surface area contributed by atoms with Crippen molar-refractivity contribution in [3.8, 4) is 0 Å². The van der Waals surface area contributed by atoms with Crippen molar-refractivity contribution < 1.29 is 9.53 Å². The number of carbonyl (C=O) groups excluding carboxylic acids is 1. The molecule has 19 heavy (non-hydrogen) atoms. The summed E-state index contributed by atoms with van der Waals surface area (Å²) in [5, 5.41) is 7.74. The molecule has 5 nitrogen and oxygen atoms in total. The van der Waals surface area contributed by atoms with Crippen LogP contribution in [0.1, 0.15) is 32.5 Å². The van der Waals surface area contributed by atoms with E-state index < -0.39 is 0 Å². The molecule has 1 N–H and O–H groups in total. The van der Waals surface area contributed by atoms with E-state index in [-0.39, 0.29) is 17.7 Å². The summed E-state index contributed by atoms with van der Waals surface area (Å²) in [5.74, 6) is 0.182. The van der Waals surface area contributed by atoms with Gasteiger partial charge in [0.25, 0.3) is 0 Å². The van der Waals surface area contributed by atoms with Crippen LogP contribution in [0.2, 0.25) is 0 Å². The minimum absolute atomic E-state index is 0.0378. The van der Waals surface area contributed by atoms with Crippen LogP contribution >= 0.6 is 0 Å². The van der Waals surface area contributed by atoms with Gasteiger partial charge in [0.05, 0.1) is 31.2 Å². The van der Waals surface area contributed by atoms with Crippen LogP contribution in [0.25, 0.3) is 0 Å². The van der Waals surface area contributed by atoms with Gasteiger partial charge >= 0.3 is 0 Å². The van der Waals surface area contributed by atoms with Gasteiger partial charge < -0.3 is 10.1 Å². The highest BCUT2D eigenvalue weighted by atomic mass is 16.5. The maximum atomic E-state index is 12.3. The number of aromatic nitrogens is 2. The van der Waals surface area contributed by atoms with Gasteiger partial charge in [-0.3, -0.25) is 9.48 Å². The van der Waals surface area contributed by atoms with Crippen LogP contribution in [0.5, 0.6) is 0 Å². The zero-order chi connectivity index (χ0) is 13.8. The summed E-state index contributed by atoms with van der Waals surface area (Å²) in [7, 11) is 0. The number of carbonyl (C=O) groups is 1. The number of rotatable bonds is 6. The van der Waals surface area contributed by atoms with E-state index in [0.29, 0.717) is 25.7 Å². The molecule has 0 aromatic carbocycles. The van der Waals surface area contributed by atoms with Crippen LogP contribution in [0.15, 0.2) is 12.3 Å². The van der Waals surface area contributed by atoms with Crippen molar-refractivity contribution in [2.75, 3.05) is 19.8 Å². The van der Waals surface area contributed by atoms with Crippen molar-refractivity contribution in [2.24, 2.45) is 5.92 Å². The molecule has 2 rings (SSSR count). The predicted molar refractivity (Wildman–Crippen MR) is 73.1 cm³/mol. The van der Waals surface area contributed by atoms with E-state index >= 15 is 0 Å². The first kappa shape index (κ1) is 14.2. The number of likely N-dealkylation sites (N-methyl/N-ethyl adjacent to an activating group) is 1. The molecule has 0 amide bonds. The highest BCUT2D eigenvalue weighted by Gasteiger charge is 2.33. The Labute approximate surface area is 114 Å². The fourth-order valence-electron chi connectivity index (χ4n) is 2.40. The lowest BCUT2D eigenvalue weighted by Crippen LogP contribution is -2.39. The van der Waals surface area contributed by atoms with Crippen LogP contribution in [-0.4, -0.2) is 41.4 Å². The second-order valence-corrected chi connectivity index (χ2v) is 5.33. The van der Waals surface area contributed by atoms with E-state index in [1.54, 1.807) is 0 Å². The first-order chi connectivity index (χ1) is 9.11. The number of nitrogens with zero attached hydrogens (tertiary/aromatic N) is 2. The van der Waals surface area contributed by atoms with Crippen molar-refractivity contribution in [3.63, 3.8) is 0 Å². The maximum absolute atomic E-state index is 12.3. The number of Topliss-reactive ketones (excluding diaryl/α,β-unsaturated/α-hetero) is 1. The van der Waals surface area contributed by atoms with Gasteiger partial charge in [0.1, 0.15) is 5.78 Å². The SMILES string of the molecule is CCNC1COCC1C(=O)Cc1ccn(C(C)C)n1. The molecule has 1 aliphatic heterocycles. The van der Waals surface area contributed by atoms with Gasteiger partial charge in [-0.15, -0.1) is 0 Å². The number of ketones is 1. The molecule has 1 fully saturated rings. The lowest BCUT2D eigenvalue weighted by atomic mass is 9.95. The highest BCUT2D eigenvalue weighted by molar-refractivity contribution is 5.84. The van der Waals surface area contributed by atoms with Gasteiger partial charge in [-0.05, 0) is 26.5 Å². The fourth-order valence-corrected chi connectivity index (χ4v) is 2.40. The Bertz CT molecular complexity index is 428. The van der Waals surface area contributed by atoms with Crippen molar-refractivity contribution >= 4 is 5.78 Å². The Morgan fingerprint density at radius 1 is 1.58 bits per heavy atom. The Hall–Kier alpha value is -1.20. The first-order valence-corrected chi connectivity index (χ1v) is 6.99. The molecular formula is C14H23N3O2. The topological polar surface area (TPSA) is 56.1 Å². The molecule has 0 saturated carbocycles. The van der Waals surface area contributed by atoms with E-state index in [1.165, 1.54) is 0 Å². The molecule has 5 heteroatoms. The summed E-state index contributed by atoms with van der Waals surface area (Å²) in [6.45, 7) is 8.21. The third kappa shape index (κ3) is 3.42. The van der Waals surface area contributed by atoms with Crippen molar-refractivity contribution in [2.45, 2.75) is 39.3 Å². The zero-order valence-electron chi connectivity index (χ0n) is 11.9. The van der Waals surface area contributed by atoms with Crippen molar-refractivity contribution in [3.05, 3.63) is 18.0 Å². The van der Waals surface area contributed by atoms with Gasteiger partial charge in [-0.2, -0.15) is 5.10 Å². The molecule has 0 aliphatic carbocycles. The Kier molecular flexibility index (Phi) is 4.71. The summed E-state index contributed by atoms with van der Waals surface area (Å²) < 4.78 is 7.30. The molecule has 1 saturated heterocycles. The first-order valence-electron chi connectivity index (χ1n) is 6.99. The van der Waals surface area contributed by atoms with Crippen LogP contribution in [0.3, 0.4) is 0 Å². The molecule has 1 aromatic rings. The number of hydrogen-bond acceptors (Lipinski definition) is 4. The highest BCUT2D eigenvalue weighted by Crippen LogP contribution is 2.17. The molecule has 106 valence electrons. The van der Waals surface area contributed by atoms with E-state index in [4.69, 9.17) is 4.74 Å². The van der Waals surface area contributed by atoms with Crippen molar-refractivity contribution in [1.82, 2.24) is 15.1 Å². The molecule has 2 atom stereocenters. The maximum Gasteiger partial charge on any atom is 0.145 e. The summed E-state index contributed by atoms with van der Waals surface area (Å²) in [6, 6.07) is 2.41. The van der Waals surface area contributed by atoms with Crippen LogP contribution in [-0.2, 0) is 16.0 Å². The van der Waals surface area contributed by atoms with Crippen LogP contribution in [0, 0.1) is 5.92 Å². The number of nitrogens with one attached hydrogen (secondary N) is 1. The summed E-state index contributed by atoms with van der Waals surface area (Å²) >= 11 is 0. The molecule has 0 radical (unpaired) electrons. The largest absolute Gasteiger partial charge is 0.379 e. The van der Waals surface area contributed by atoms with Crippen LogP contribution in [0.4, 0.5) is 0 Å². The molecule has 1 aromatic heterocycles. The lowest BCUT2D eigenvalue weighted by molar-refractivity contribution is -0.122. The smallest absolute Gasteiger partial charge is 0.145 e. The molecule has 2 heterocycles. The minimum Gasteiger partial charge on any atom is -0.379 e. The second-order valence-electron chi connectivity index (χ2n) is 5.33. The van der Waals surface area contributed by atoms with E-state index in [2.05, 4.69) is 24.3 Å². The number of ether oxygens (including phenoxy) is 1. The van der Waals surface area contributed by atoms with Gasteiger partial charge in [-0.1, -0.05) is 6.92 Å². The fraction of sp³-hybridized carbons (Fsp3) is 0.714. The zero-order valence-corrected chi connectivity index (χ0v) is 11.9. The third-order valence-corrected chi connectivity index (χ3v) is 3.51. The van der Waals surface area contributed by atoms with Gasteiger partial charge in [0.2, 0.25) is 0 Å². The molecular weight excluding hydrogens is 242 g/mol. The Morgan fingerprint density at radius 2 is 2.37 bits per heavy atom. The second kappa shape index (κ2) is 6.30. The van der Waals surface area contributed by atoms with Gasteiger partial charge in [0, 0.05) is 18.3 Å². The molecule has 1 aliphatic rings. The summed E-state index contributed by atoms with van der Waals surface area (Å²) in [4.78, 5) is 12.3. The quantitative estimate of drug-likeness (QED) is 0.839. The lowest BCUT2D eigenvalue weighted by Gasteiger charge is -2.16. The van der Waals surface area contributed by atoms with E-state index in [1.807, 2.05) is 23.9 Å².